The van der Waals surface area contributed by atoms with Gasteiger partial charge in [-0.1, -0.05) is 263 Å². The lowest BCUT2D eigenvalue weighted by molar-refractivity contribution is 0.607. The number of anilines is 6. The summed E-state index contributed by atoms with van der Waals surface area (Å²) in [5.74, 6) is 0. The van der Waals surface area contributed by atoms with Gasteiger partial charge >= 0.3 is 0 Å². The lowest BCUT2D eigenvalue weighted by atomic mass is 9.92. The summed E-state index contributed by atoms with van der Waals surface area (Å²) in [5.41, 5.74) is 21.8. The van der Waals surface area contributed by atoms with Crippen LogP contribution in [0.25, 0.3) is 66.8 Å². The summed E-state index contributed by atoms with van der Waals surface area (Å²) in [6, 6.07) is 104. The molecule has 0 aliphatic carbocycles. The molecule has 0 saturated heterocycles. The molecule has 11 aromatic carbocycles. The highest BCUT2D eigenvalue weighted by Crippen LogP contribution is 2.50. The van der Waals surface area contributed by atoms with E-state index in [4.69, 9.17) is 0 Å². The Morgan fingerprint density at radius 3 is 0.829 bits per heavy atom. The second-order valence-corrected chi connectivity index (χ2v) is 19.8. The van der Waals surface area contributed by atoms with Crippen LogP contribution in [0.15, 0.2) is 285 Å². The molecule has 0 radical (unpaired) electrons. The Morgan fingerprint density at radius 1 is 0.237 bits per heavy atom. The molecule has 0 aliphatic heterocycles. The number of benzene rings is 11. The van der Waals surface area contributed by atoms with Crippen molar-refractivity contribution in [1.29, 1.82) is 0 Å². The summed E-state index contributed by atoms with van der Waals surface area (Å²) >= 11 is 0. The average Bonchev–Trinajstić information content (AvgIpc) is 3.51. The van der Waals surface area contributed by atoms with Crippen molar-refractivity contribution in [3.05, 3.63) is 291 Å². The van der Waals surface area contributed by atoms with Crippen LogP contribution in [-0.4, -0.2) is 0 Å². The minimum absolute atomic E-state index is 1.06. The number of hydrogen-bond acceptors (Lipinski definition) is 2. The topological polar surface area (TPSA) is 6.48 Å². The van der Waals surface area contributed by atoms with Crippen LogP contribution < -0.4 is 9.80 Å². The Labute approximate surface area is 450 Å². The van der Waals surface area contributed by atoms with E-state index in [1.54, 1.807) is 0 Å². The second-order valence-electron chi connectivity index (χ2n) is 19.8. The Balaban J connectivity index is 1.14. The highest BCUT2D eigenvalue weighted by Gasteiger charge is 2.25. The molecule has 0 unspecified atom stereocenters. The third kappa shape index (κ3) is 11.4. The van der Waals surface area contributed by atoms with Gasteiger partial charge in [-0.2, -0.15) is 0 Å². The van der Waals surface area contributed by atoms with Crippen LogP contribution in [0, 0.1) is 0 Å². The van der Waals surface area contributed by atoms with Crippen LogP contribution in [0.4, 0.5) is 34.1 Å². The zero-order valence-electron chi connectivity index (χ0n) is 43.5. The number of aryl methyl sites for hydroxylation is 1. The van der Waals surface area contributed by atoms with E-state index in [2.05, 4.69) is 302 Å². The molecule has 0 atom stereocenters. The van der Waals surface area contributed by atoms with E-state index in [1.807, 2.05) is 0 Å². The SMILES string of the molecule is CCCCCCCCc1ccc(-c2cc(-c3ccccc3)c(N(c3ccc(-c4ccccc4)cc3)c3ccc(-c4ccccc4)cc3)cc2N(c2ccc(-c3ccccc3)cc2)c2ccc(-c3ccccc3)cc2)cc1. The molecule has 0 fully saturated rings. The first kappa shape index (κ1) is 49.2. The summed E-state index contributed by atoms with van der Waals surface area (Å²) in [6.07, 6.45) is 8.80. The van der Waals surface area contributed by atoms with Crippen LogP contribution in [0.1, 0.15) is 51.0 Å². The van der Waals surface area contributed by atoms with E-state index in [9.17, 15) is 0 Å². The van der Waals surface area contributed by atoms with E-state index >= 15 is 0 Å². The zero-order valence-corrected chi connectivity index (χ0v) is 43.5. The normalized spacial score (nSPS) is 11.1. The van der Waals surface area contributed by atoms with E-state index < -0.39 is 0 Å². The highest BCUT2D eigenvalue weighted by atomic mass is 15.2. The molecule has 0 N–H and O–H groups in total. The molecule has 0 saturated carbocycles. The molecule has 0 bridgehead atoms. The van der Waals surface area contributed by atoms with E-state index in [1.165, 1.54) is 94.2 Å². The summed E-state index contributed by atoms with van der Waals surface area (Å²) in [7, 11) is 0. The smallest absolute Gasteiger partial charge is 0.0561 e. The standard InChI is InChI=1S/C74H64N2/c1-2-3-4-5-6-12-23-56-34-36-66(37-35-56)72-54-71(65-32-21-11-22-33-65)73(75(67-46-38-61(39-47-67)57-24-13-7-14-25-57)68-48-40-62(41-49-68)58-26-15-8-16-27-58)55-74(72)76(69-50-42-63(43-51-69)59-28-17-9-18-29-59)70-52-44-64(45-53-70)60-30-19-10-20-31-60/h7-11,13-22,24-55H,2-6,12,23H2,1H3. The Hall–Kier alpha value is -8.98. The Morgan fingerprint density at radius 2 is 0.500 bits per heavy atom. The van der Waals surface area contributed by atoms with Gasteiger partial charge < -0.3 is 9.80 Å². The van der Waals surface area contributed by atoms with Gasteiger partial charge in [0.05, 0.1) is 11.4 Å². The predicted octanol–water partition coefficient (Wildman–Crippen LogP) is 21.5. The molecule has 0 aromatic heterocycles. The average molecular weight is 981 g/mol. The Kier molecular flexibility index (Phi) is 15.5. The lowest BCUT2D eigenvalue weighted by Crippen LogP contribution is -2.15. The molecule has 0 spiro atoms. The van der Waals surface area contributed by atoms with Crippen molar-refractivity contribution in [2.24, 2.45) is 0 Å². The van der Waals surface area contributed by atoms with Gasteiger partial charge in [0, 0.05) is 33.9 Å². The van der Waals surface area contributed by atoms with Crippen LogP contribution >= 0.6 is 0 Å². The molecule has 0 heterocycles. The number of unbranched alkanes of at least 4 members (excludes halogenated alkanes) is 5. The molecule has 370 valence electrons. The monoisotopic (exact) mass is 981 g/mol. The van der Waals surface area contributed by atoms with Gasteiger partial charge in [0.25, 0.3) is 0 Å². The summed E-state index contributed by atoms with van der Waals surface area (Å²) in [5, 5.41) is 0. The van der Waals surface area contributed by atoms with Crippen LogP contribution in [-0.2, 0) is 6.42 Å². The fourth-order valence-corrected chi connectivity index (χ4v) is 10.6. The van der Waals surface area contributed by atoms with Gasteiger partial charge in [-0.05, 0) is 135 Å². The zero-order chi connectivity index (χ0) is 51.3. The minimum atomic E-state index is 1.06. The summed E-state index contributed by atoms with van der Waals surface area (Å²) < 4.78 is 0. The quantitative estimate of drug-likeness (QED) is 0.0745. The molecule has 11 aromatic rings. The molecule has 2 heteroatoms. The number of rotatable bonds is 19. The van der Waals surface area contributed by atoms with Gasteiger partial charge in [-0.15, -0.1) is 0 Å². The van der Waals surface area contributed by atoms with Crippen molar-refractivity contribution in [2.45, 2.75) is 51.9 Å². The van der Waals surface area contributed by atoms with Gasteiger partial charge in [-0.25, -0.2) is 0 Å². The molecular formula is C74H64N2. The minimum Gasteiger partial charge on any atom is -0.310 e. The van der Waals surface area contributed by atoms with Crippen molar-refractivity contribution in [2.75, 3.05) is 9.80 Å². The highest BCUT2D eigenvalue weighted by molar-refractivity contribution is 5.99. The van der Waals surface area contributed by atoms with Gasteiger partial charge in [0.2, 0.25) is 0 Å². The summed E-state index contributed by atoms with van der Waals surface area (Å²) in [6.45, 7) is 2.29. The van der Waals surface area contributed by atoms with E-state index in [0.29, 0.717) is 0 Å². The molecule has 2 nitrogen and oxygen atoms in total. The van der Waals surface area contributed by atoms with Crippen molar-refractivity contribution >= 4 is 34.1 Å². The fourth-order valence-electron chi connectivity index (χ4n) is 10.6. The fraction of sp³-hybridized carbons (Fsp3) is 0.108. The van der Waals surface area contributed by atoms with Crippen molar-refractivity contribution < 1.29 is 0 Å². The molecular weight excluding hydrogens is 917 g/mol. The maximum atomic E-state index is 2.47. The molecule has 11 rings (SSSR count). The number of hydrogen-bond donors (Lipinski definition) is 0. The molecule has 0 amide bonds. The van der Waals surface area contributed by atoms with E-state index in [0.717, 1.165) is 57.2 Å². The second kappa shape index (κ2) is 23.9. The first-order valence-electron chi connectivity index (χ1n) is 27.2. The first-order valence-corrected chi connectivity index (χ1v) is 27.2. The summed E-state index contributed by atoms with van der Waals surface area (Å²) in [4.78, 5) is 4.93. The maximum absolute atomic E-state index is 2.47. The molecule has 76 heavy (non-hydrogen) atoms. The third-order valence-corrected chi connectivity index (χ3v) is 14.7. The van der Waals surface area contributed by atoms with Crippen LogP contribution in [0.2, 0.25) is 0 Å². The largest absolute Gasteiger partial charge is 0.310 e. The van der Waals surface area contributed by atoms with Crippen molar-refractivity contribution in [3.8, 4) is 66.8 Å². The van der Waals surface area contributed by atoms with Crippen molar-refractivity contribution in [3.63, 3.8) is 0 Å². The van der Waals surface area contributed by atoms with E-state index in [-0.39, 0.29) is 0 Å². The van der Waals surface area contributed by atoms with Crippen molar-refractivity contribution in [1.82, 2.24) is 0 Å². The van der Waals surface area contributed by atoms with Crippen LogP contribution in [0.5, 0.6) is 0 Å². The Bertz CT molecular complexity index is 3370. The lowest BCUT2D eigenvalue weighted by Gasteiger charge is -2.33. The van der Waals surface area contributed by atoms with Gasteiger partial charge in [0.1, 0.15) is 0 Å². The van der Waals surface area contributed by atoms with Gasteiger partial charge in [0.15, 0.2) is 0 Å². The van der Waals surface area contributed by atoms with Gasteiger partial charge in [-0.3, -0.25) is 0 Å². The molecule has 0 aliphatic rings. The van der Waals surface area contributed by atoms with Crippen LogP contribution in [0.3, 0.4) is 0 Å². The number of nitrogens with zero attached hydrogens (tertiary/aromatic N) is 2. The first-order chi connectivity index (χ1) is 37.7. The predicted molar refractivity (Wildman–Crippen MR) is 326 cm³/mol. The maximum Gasteiger partial charge on any atom is 0.0561 e. The third-order valence-electron chi connectivity index (χ3n) is 14.7.